The predicted octanol–water partition coefficient (Wildman–Crippen LogP) is 4.13. The Balaban J connectivity index is 1.91. The van der Waals surface area contributed by atoms with E-state index in [0.29, 0.717) is 13.0 Å². The van der Waals surface area contributed by atoms with Crippen molar-refractivity contribution in [2.24, 2.45) is 5.92 Å². The van der Waals surface area contributed by atoms with E-state index in [4.69, 9.17) is 0 Å². The molecular weight excluding hydrogens is 312 g/mol. The standard InChI is InChI=1S/C21H32N2O2/c1-5-6-7-8-9-17(4)22-21(25)18-13-20(24)23(14-18)19-12-15(2)10-11-16(19)3/h10-12,17-18H,5-9,13-14H2,1-4H3,(H,22,25). The Bertz CT molecular complexity index is 612. The van der Waals surface area contributed by atoms with E-state index in [1.807, 2.05) is 32.0 Å². The molecule has 0 saturated carbocycles. The summed E-state index contributed by atoms with van der Waals surface area (Å²) < 4.78 is 0. The SMILES string of the molecule is CCCCCCC(C)NC(=O)C1CC(=O)N(c2cc(C)ccc2C)C1. The minimum atomic E-state index is -0.245. The van der Waals surface area contributed by atoms with Gasteiger partial charge in [-0.15, -0.1) is 0 Å². The molecule has 2 amide bonds. The van der Waals surface area contributed by atoms with Gasteiger partial charge in [0.15, 0.2) is 0 Å². The number of aryl methyl sites for hydroxylation is 2. The molecule has 1 saturated heterocycles. The van der Waals surface area contributed by atoms with Crippen molar-refractivity contribution in [3.8, 4) is 0 Å². The monoisotopic (exact) mass is 344 g/mol. The third kappa shape index (κ3) is 5.32. The number of nitrogens with one attached hydrogen (secondary N) is 1. The Morgan fingerprint density at radius 1 is 1.28 bits per heavy atom. The van der Waals surface area contributed by atoms with Gasteiger partial charge >= 0.3 is 0 Å². The number of hydrogen-bond donors (Lipinski definition) is 1. The van der Waals surface area contributed by atoms with Crippen LogP contribution in [0.5, 0.6) is 0 Å². The van der Waals surface area contributed by atoms with Gasteiger partial charge in [-0.1, -0.05) is 44.7 Å². The number of unbranched alkanes of at least 4 members (excludes halogenated alkanes) is 3. The molecule has 0 aromatic heterocycles. The highest BCUT2D eigenvalue weighted by molar-refractivity contribution is 6.00. The second kappa shape index (κ2) is 9.02. The van der Waals surface area contributed by atoms with Crippen LogP contribution >= 0.6 is 0 Å². The maximum atomic E-state index is 12.5. The highest BCUT2D eigenvalue weighted by Crippen LogP contribution is 2.29. The third-order valence-electron chi connectivity index (χ3n) is 5.03. The van der Waals surface area contributed by atoms with Crippen molar-refractivity contribution in [1.29, 1.82) is 0 Å². The quantitative estimate of drug-likeness (QED) is 0.721. The molecule has 4 heteroatoms. The van der Waals surface area contributed by atoms with Crippen molar-refractivity contribution in [2.45, 2.75) is 72.3 Å². The highest BCUT2D eigenvalue weighted by Gasteiger charge is 2.35. The second-order valence-electron chi connectivity index (χ2n) is 7.45. The van der Waals surface area contributed by atoms with Gasteiger partial charge < -0.3 is 10.2 Å². The lowest BCUT2D eigenvalue weighted by Gasteiger charge is -2.20. The van der Waals surface area contributed by atoms with Crippen LogP contribution in [0.1, 0.15) is 63.5 Å². The normalized spacial score (nSPS) is 18.5. The number of amides is 2. The van der Waals surface area contributed by atoms with Crippen molar-refractivity contribution in [2.75, 3.05) is 11.4 Å². The van der Waals surface area contributed by atoms with Crippen LogP contribution in [-0.2, 0) is 9.59 Å². The van der Waals surface area contributed by atoms with E-state index in [0.717, 1.165) is 29.7 Å². The fourth-order valence-corrected chi connectivity index (χ4v) is 3.44. The Hall–Kier alpha value is -1.84. The van der Waals surface area contributed by atoms with E-state index < -0.39 is 0 Å². The van der Waals surface area contributed by atoms with Crippen molar-refractivity contribution in [1.82, 2.24) is 5.32 Å². The van der Waals surface area contributed by atoms with Crippen LogP contribution in [0.25, 0.3) is 0 Å². The lowest BCUT2D eigenvalue weighted by atomic mass is 10.1. The lowest BCUT2D eigenvalue weighted by Crippen LogP contribution is -2.38. The van der Waals surface area contributed by atoms with Crippen LogP contribution in [0.3, 0.4) is 0 Å². The molecule has 138 valence electrons. The zero-order chi connectivity index (χ0) is 18.4. The Labute approximate surface area is 152 Å². The first-order valence-corrected chi connectivity index (χ1v) is 9.60. The van der Waals surface area contributed by atoms with E-state index in [9.17, 15) is 9.59 Å². The van der Waals surface area contributed by atoms with Gasteiger partial charge in [-0.3, -0.25) is 9.59 Å². The van der Waals surface area contributed by atoms with E-state index in [1.165, 1.54) is 19.3 Å². The van der Waals surface area contributed by atoms with E-state index in [-0.39, 0.29) is 23.8 Å². The fourth-order valence-electron chi connectivity index (χ4n) is 3.44. The summed E-state index contributed by atoms with van der Waals surface area (Å²) in [5, 5.41) is 3.10. The Kier molecular flexibility index (Phi) is 7.03. The lowest BCUT2D eigenvalue weighted by molar-refractivity contribution is -0.126. The van der Waals surface area contributed by atoms with Crippen molar-refractivity contribution in [3.05, 3.63) is 29.3 Å². The molecule has 0 spiro atoms. The number of rotatable bonds is 8. The summed E-state index contributed by atoms with van der Waals surface area (Å²) in [6.07, 6.45) is 6.16. The van der Waals surface area contributed by atoms with E-state index in [2.05, 4.69) is 19.2 Å². The number of benzene rings is 1. The van der Waals surface area contributed by atoms with Gasteiger partial charge in [0.2, 0.25) is 11.8 Å². The fraction of sp³-hybridized carbons (Fsp3) is 0.619. The van der Waals surface area contributed by atoms with Gasteiger partial charge in [0, 0.05) is 24.7 Å². The Morgan fingerprint density at radius 2 is 2.04 bits per heavy atom. The molecule has 1 aromatic rings. The van der Waals surface area contributed by atoms with Crippen LogP contribution in [0.2, 0.25) is 0 Å². The molecule has 0 aliphatic carbocycles. The molecule has 1 N–H and O–H groups in total. The number of anilines is 1. The third-order valence-corrected chi connectivity index (χ3v) is 5.03. The molecule has 1 aliphatic heterocycles. The van der Waals surface area contributed by atoms with Crippen LogP contribution in [0.15, 0.2) is 18.2 Å². The molecule has 1 heterocycles. The van der Waals surface area contributed by atoms with Gasteiger partial charge in [-0.25, -0.2) is 0 Å². The van der Waals surface area contributed by atoms with Crippen LogP contribution in [0.4, 0.5) is 5.69 Å². The zero-order valence-electron chi connectivity index (χ0n) is 16.1. The summed E-state index contributed by atoms with van der Waals surface area (Å²) >= 11 is 0. The number of hydrogen-bond acceptors (Lipinski definition) is 2. The summed E-state index contributed by atoms with van der Waals surface area (Å²) in [5.74, 6) is -0.181. The molecule has 25 heavy (non-hydrogen) atoms. The summed E-state index contributed by atoms with van der Waals surface area (Å²) in [4.78, 5) is 26.7. The van der Waals surface area contributed by atoms with Gasteiger partial charge in [0.1, 0.15) is 0 Å². The summed E-state index contributed by atoms with van der Waals surface area (Å²) in [5.41, 5.74) is 3.14. The summed E-state index contributed by atoms with van der Waals surface area (Å²) in [6, 6.07) is 6.28. The molecule has 1 aliphatic rings. The van der Waals surface area contributed by atoms with E-state index in [1.54, 1.807) is 4.90 Å². The van der Waals surface area contributed by atoms with Gasteiger partial charge in [0.05, 0.1) is 5.92 Å². The largest absolute Gasteiger partial charge is 0.353 e. The maximum absolute atomic E-state index is 12.5. The predicted molar refractivity (Wildman–Crippen MR) is 103 cm³/mol. The molecule has 4 nitrogen and oxygen atoms in total. The van der Waals surface area contributed by atoms with Gasteiger partial charge in [-0.05, 0) is 44.4 Å². The zero-order valence-corrected chi connectivity index (χ0v) is 16.1. The van der Waals surface area contributed by atoms with Crippen LogP contribution < -0.4 is 10.2 Å². The smallest absolute Gasteiger partial charge is 0.227 e. The first-order chi connectivity index (χ1) is 11.9. The molecule has 0 radical (unpaired) electrons. The van der Waals surface area contributed by atoms with Crippen molar-refractivity contribution >= 4 is 17.5 Å². The van der Waals surface area contributed by atoms with Crippen LogP contribution in [-0.4, -0.2) is 24.4 Å². The molecule has 2 rings (SSSR count). The average Bonchev–Trinajstić information content (AvgIpc) is 2.96. The molecule has 2 atom stereocenters. The van der Waals surface area contributed by atoms with E-state index >= 15 is 0 Å². The van der Waals surface area contributed by atoms with Gasteiger partial charge in [0.25, 0.3) is 0 Å². The number of carbonyl (C=O) groups is 2. The summed E-state index contributed by atoms with van der Waals surface area (Å²) in [7, 11) is 0. The minimum Gasteiger partial charge on any atom is -0.353 e. The molecule has 1 aromatic carbocycles. The van der Waals surface area contributed by atoms with Crippen molar-refractivity contribution in [3.63, 3.8) is 0 Å². The number of carbonyl (C=O) groups excluding carboxylic acids is 2. The summed E-state index contributed by atoms with van der Waals surface area (Å²) in [6.45, 7) is 8.77. The minimum absolute atomic E-state index is 0.0177. The maximum Gasteiger partial charge on any atom is 0.227 e. The molecular formula is C21H32N2O2. The molecule has 1 fully saturated rings. The van der Waals surface area contributed by atoms with Crippen molar-refractivity contribution < 1.29 is 9.59 Å². The first-order valence-electron chi connectivity index (χ1n) is 9.60. The average molecular weight is 344 g/mol. The second-order valence-corrected chi connectivity index (χ2v) is 7.45. The van der Waals surface area contributed by atoms with Crippen LogP contribution in [0, 0.1) is 19.8 Å². The Morgan fingerprint density at radius 3 is 2.76 bits per heavy atom. The number of nitrogens with zero attached hydrogens (tertiary/aromatic N) is 1. The topological polar surface area (TPSA) is 49.4 Å². The van der Waals surface area contributed by atoms with Gasteiger partial charge in [-0.2, -0.15) is 0 Å². The molecule has 2 unspecified atom stereocenters. The molecule has 0 bridgehead atoms. The highest BCUT2D eigenvalue weighted by atomic mass is 16.2. The first kappa shape index (κ1) is 19.5.